The monoisotopic (exact) mass is 819 g/mol. The first-order valence-electron chi connectivity index (χ1n) is 26.5. The summed E-state index contributed by atoms with van der Waals surface area (Å²) in [7, 11) is 0. The summed E-state index contributed by atoms with van der Waals surface area (Å²) in [5.74, 6) is 0.295. The zero-order valence-electron chi connectivity index (χ0n) is 45.7. The van der Waals surface area contributed by atoms with Gasteiger partial charge in [0.15, 0.2) is 17.5 Å². The van der Waals surface area contributed by atoms with E-state index in [0.717, 1.165) is 37.6 Å². The van der Waals surface area contributed by atoms with Crippen LogP contribution in [0.5, 0.6) is 0 Å². The van der Waals surface area contributed by atoms with E-state index in [9.17, 15) is 4.11 Å². The molecule has 0 aliphatic heterocycles. The molecule has 0 fully saturated rings. The van der Waals surface area contributed by atoms with Crippen LogP contribution in [0.3, 0.4) is 0 Å². The van der Waals surface area contributed by atoms with E-state index in [0.29, 0.717) is 22.3 Å². The Hall–Kier alpha value is -8.61. The lowest BCUT2D eigenvalue weighted by molar-refractivity contribution is 0.668. The number of hydrogen-bond donors (Lipinski definition) is 0. The summed E-state index contributed by atoms with van der Waals surface area (Å²) in [6.07, 6.45) is 0. The van der Waals surface area contributed by atoms with E-state index in [1.807, 2.05) is 84.9 Å². The van der Waals surface area contributed by atoms with Crippen LogP contribution in [-0.2, 0) is 0 Å². The van der Waals surface area contributed by atoms with Gasteiger partial charge in [0.25, 0.3) is 0 Å². The minimum Gasteiger partial charge on any atom is -0.456 e. The largest absolute Gasteiger partial charge is 0.456 e. The van der Waals surface area contributed by atoms with Crippen molar-refractivity contribution in [2.24, 2.45) is 0 Å². The number of benzene rings is 9. The number of fused-ring (bicyclic) bond motifs is 9. The molecular weight excluding hydrogens is 773 g/mol. The molecule has 9 aromatic carbocycles. The minimum atomic E-state index is -0.673. The fraction of sp³-hybridized carbons (Fsp3) is 0. The molecule has 4 aromatic heterocycles. The predicted octanol–water partition coefficient (Wildman–Crippen LogP) is 15.1. The molecule has 0 bridgehead atoms. The van der Waals surface area contributed by atoms with Crippen molar-refractivity contribution < 1.29 is 26.7 Å². The summed E-state index contributed by atoms with van der Waals surface area (Å²) in [5.41, 5.74) is 5.00. The maximum atomic E-state index is 9.72. The predicted molar refractivity (Wildman–Crippen MR) is 256 cm³/mol. The Bertz CT molecular complexity index is 4610. The van der Waals surface area contributed by atoms with E-state index in [-0.39, 0.29) is 72.5 Å². The first-order chi connectivity index (χ1) is 36.6. The van der Waals surface area contributed by atoms with Gasteiger partial charge in [0, 0.05) is 60.7 Å². The number of furan rings is 2. The molecule has 294 valence electrons. The first-order valence-corrected chi connectivity index (χ1v) is 20.0. The molecule has 0 atom stereocenters. The summed E-state index contributed by atoms with van der Waals surface area (Å²) in [4.78, 5) is 14.8. The van der Waals surface area contributed by atoms with Crippen molar-refractivity contribution in [3.63, 3.8) is 0 Å². The van der Waals surface area contributed by atoms with Crippen LogP contribution in [0.15, 0.2) is 215 Å². The third-order valence-electron chi connectivity index (χ3n) is 11.3. The standard InChI is InChI=1S/C57H34N4O2/c1-3-14-35(15-4-1)37-18-11-19-38(32-37)41-22-12-26-49-53(41)44-30-28-39(33-51(44)62-49)56-58-55(36-16-5-2-6-17-36)59-57(60-56)46-23-13-27-50-54(46)45-31-29-40(34-52(45)63-50)61-47-24-9-7-20-42(47)43-21-8-10-25-48(43)61/h1-34H/i7D,8D,9D,10D,13D,20D,21D,23D,24D,25D,27D,29D,34D. The van der Waals surface area contributed by atoms with E-state index in [1.54, 1.807) is 0 Å². The Kier molecular flexibility index (Phi) is 5.46. The highest BCUT2D eigenvalue weighted by atomic mass is 16.3. The third-order valence-corrected chi connectivity index (χ3v) is 11.3. The highest BCUT2D eigenvalue weighted by Gasteiger charge is 2.21. The molecule has 0 unspecified atom stereocenters. The Balaban J connectivity index is 1.03. The molecule has 0 aliphatic carbocycles. The molecule has 6 heteroatoms. The van der Waals surface area contributed by atoms with Crippen LogP contribution >= 0.6 is 0 Å². The molecule has 0 amide bonds. The second-order valence-electron chi connectivity index (χ2n) is 15.0. The number of aromatic nitrogens is 4. The molecule has 0 saturated carbocycles. The van der Waals surface area contributed by atoms with Crippen LogP contribution in [0.25, 0.3) is 128 Å². The van der Waals surface area contributed by atoms with E-state index >= 15 is 0 Å². The summed E-state index contributed by atoms with van der Waals surface area (Å²) in [6.45, 7) is 0. The number of hydrogen-bond acceptors (Lipinski definition) is 5. The second-order valence-corrected chi connectivity index (χ2v) is 15.0. The van der Waals surface area contributed by atoms with Gasteiger partial charge in [0.05, 0.1) is 28.9 Å². The summed E-state index contributed by atoms with van der Waals surface area (Å²) in [5, 5.41) is 1.37. The Morgan fingerprint density at radius 2 is 1.02 bits per heavy atom. The van der Waals surface area contributed by atoms with Crippen molar-refractivity contribution >= 4 is 65.7 Å². The van der Waals surface area contributed by atoms with E-state index in [2.05, 4.69) is 36.4 Å². The van der Waals surface area contributed by atoms with Gasteiger partial charge in [-0.3, -0.25) is 0 Å². The molecular formula is C57H34N4O2. The van der Waals surface area contributed by atoms with Gasteiger partial charge in [-0.2, -0.15) is 0 Å². The molecule has 0 N–H and O–H groups in total. The van der Waals surface area contributed by atoms with Crippen molar-refractivity contribution in [1.29, 1.82) is 0 Å². The Morgan fingerprint density at radius 3 is 1.81 bits per heavy atom. The molecule has 0 saturated heterocycles. The zero-order chi connectivity index (χ0) is 52.7. The fourth-order valence-electron chi connectivity index (χ4n) is 8.48. The van der Waals surface area contributed by atoms with Crippen molar-refractivity contribution in [3.8, 4) is 62.1 Å². The average molecular weight is 820 g/mol. The second kappa shape index (κ2) is 14.0. The highest BCUT2D eigenvalue weighted by Crippen LogP contribution is 2.41. The normalized spacial score (nSPS) is 14.7. The summed E-state index contributed by atoms with van der Waals surface area (Å²) >= 11 is 0. The van der Waals surface area contributed by atoms with Gasteiger partial charge in [0.1, 0.15) is 22.3 Å². The van der Waals surface area contributed by atoms with Crippen LogP contribution in [0.4, 0.5) is 0 Å². The number of rotatable bonds is 6. The average Bonchev–Trinajstić information content (AvgIpc) is 4.35. The first kappa shape index (κ1) is 24.6. The number of para-hydroxylation sites is 2. The van der Waals surface area contributed by atoms with Crippen molar-refractivity contribution in [2.75, 3.05) is 0 Å². The van der Waals surface area contributed by atoms with Gasteiger partial charge in [-0.15, -0.1) is 0 Å². The van der Waals surface area contributed by atoms with Crippen molar-refractivity contribution in [2.45, 2.75) is 0 Å². The summed E-state index contributed by atoms with van der Waals surface area (Å²) < 4.78 is 131. The van der Waals surface area contributed by atoms with Gasteiger partial charge in [-0.05, 0) is 76.8 Å². The number of nitrogens with zero attached hydrogens (tertiary/aromatic N) is 4. The van der Waals surface area contributed by atoms with Gasteiger partial charge in [-0.1, -0.05) is 145 Å². The van der Waals surface area contributed by atoms with Crippen molar-refractivity contribution in [3.05, 3.63) is 206 Å². The Morgan fingerprint density at radius 1 is 0.381 bits per heavy atom. The van der Waals surface area contributed by atoms with Crippen LogP contribution in [0, 0.1) is 0 Å². The molecule has 13 rings (SSSR count). The third kappa shape index (κ3) is 5.69. The lowest BCUT2D eigenvalue weighted by Gasteiger charge is -2.10. The summed E-state index contributed by atoms with van der Waals surface area (Å²) in [6, 6.07) is 32.9. The molecule has 6 nitrogen and oxygen atoms in total. The van der Waals surface area contributed by atoms with Gasteiger partial charge < -0.3 is 13.4 Å². The maximum Gasteiger partial charge on any atom is 0.164 e. The highest BCUT2D eigenvalue weighted by molar-refractivity contribution is 6.15. The zero-order valence-corrected chi connectivity index (χ0v) is 32.7. The molecule has 0 spiro atoms. The molecule has 4 heterocycles. The SMILES string of the molecule is [2H]c1cc2c(oc3c([2H])c([2H])c([2H])c(-c4nc(-c5ccccc5)nc(-c5ccc6c(c5)oc5cccc(-c7cccc(-c8ccccc8)c7)c56)n4)c32)c([2H])c1-n1c2c([2H])c([2H])c([2H])c([2H])c2c2c([2H])c([2H])c([2H])c([2H])c21. The lowest BCUT2D eigenvalue weighted by atomic mass is 9.96. The quantitative estimate of drug-likeness (QED) is 0.167. The minimum absolute atomic E-state index is 0.0355. The molecule has 0 aliphatic rings. The van der Waals surface area contributed by atoms with Gasteiger partial charge in [-0.25, -0.2) is 15.0 Å². The van der Waals surface area contributed by atoms with Crippen LogP contribution in [0.1, 0.15) is 17.8 Å². The maximum absolute atomic E-state index is 9.72. The Labute approximate surface area is 379 Å². The molecule has 0 radical (unpaired) electrons. The van der Waals surface area contributed by atoms with Crippen molar-refractivity contribution in [1.82, 2.24) is 19.5 Å². The van der Waals surface area contributed by atoms with E-state index < -0.39 is 78.6 Å². The van der Waals surface area contributed by atoms with Crippen LogP contribution in [0.2, 0.25) is 0 Å². The van der Waals surface area contributed by atoms with Crippen LogP contribution < -0.4 is 0 Å². The fourth-order valence-corrected chi connectivity index (χ4v) is 8.48. The topological polar surface area (TPSA) is 69.9 Å². The molecule has 13 aromatic rings. The van der Waals surface area contributed by atoms with Gasteiger partial charge >= 0.3 is 0 Å². The lowest BCUT2D eigenvalue weighted by Crippen LogP contribution is -2.00. The van der Waals surface area contributed by atoms with E-state index in [1.165, 1.54) is 6.07 Å². The molecule has 63 heavy (non-hydrogen) atoms. The smallest absolute Gasteiger partial charge is 0.164 e. The van der Waals surface area contributed by atoms with E-state index in [4.69, 9.17) is 37.5 Å². The van der Waals surface area contributed by atoms with Crippen LogP contribution in [-0.4, -0.2) is 19.5 Å². The van der Waals surface area contributed by atoms with Gasteiger partial charge in [0.2, 0.25) is 0 Å².